The van der Waals surface area contributed by atoms with E-state index in [-0.39, 0.29) is 0 Å². The van der Waals surface area contributed by atoms with Crippen molar-refractivity contribution in [3.05, 3.63) is 28.2 Å². The van der Waals surface area contributed by atoms with E-state index in [0.717, 1.165) is 15.8 Å². The molecule has 74 valence electrons. The minimum Gasteiger partial charge on any atom is -0.492 e. The van der Waals surface area contributed by atoms with Crippen LogP contribution in [0.2, 0.25) is 0 Å². The molecular weight excluding hydrogens is 240 g/mol. The normalized spacial score (nSPS) is 9.93. The van der Waals surface area contributed by atoms with E-state index in [0.29, 0.717) is 12.5 Å². The summed E-state index contributed by atoms with van der Waals surface area (Å²) in [5.41, 5.74) is 0.855. The molecule has 1 aromatic carbocycles. The molecule has 0 bridgehead atoms. The third-order valence-corrected chi connectivity index (χ3v) is 2.29. The Balaban J connectivity index is 2.75. The second-order valence-electron chi connectivity index (χ2n) is 3.49. The zero-order chi connectivity index (χ0) is 10.6. The molecule has 0 amide bonds. The summed E-state index contributed by atoms with van der Waals surface area (Å²) in [6, 6.07) is 5.65. The number of halogens is 1. The van der Waals surface area contributed by atoms with Crippen molar-refractivity contribution < 1.29 is 4.74 Å². The summed E-state index contributed by atoms with van der Waals surface area (Å²) in [6.07, 6.45) is 5.28. The third-order valence-electron chi connectivity index (χ3n) is 1.67. The smallest absolute Gasteiger partial charge is 0.133 e. The maximum Gasteiger partial charge on any atom is 0.133 e. The van der Waals surface area contributed by atoms with Crippen LogP contribution in [-0.4, -0.2) is 6.61 Å². The molecule has 0 atom stereocenters. The first kappa shape index (κ1) is 11.1. The number of rotatable bonds is 3. The van der Waals surface area contributed by atoms with Gasteiger partial charge in [-0.25, -0.2) is 0 Å². The minimum atomic E-state index is 0.522. The van der Waals surface area contributed by atoms with Gasteiger partial charge in [0, 0.05) is 5.56 Å². The molecule has 0 saturated heterocycles. The Morgan fingerprint density at radius 2 is 2.21 bits per heavy atom. The number of ether oxygens (including phenoxy) is 1. The fourth-order valence-corrected chi connectivity index (χ4v) is 1.46. The second-order valence-corrected chi connectivity index (χ2v) is 4.35. The van der Waals surface area contributed by atoms with Crippen molar-refractivity contribution in [2.45, 2.75) is 13.8 Å². The van der Waals surface area contributed by atoms with Gasteiger partial charge in [-0.3, -0.25) is 0 Å². The first-order chi connectivity index (χ1) is 6.63. The Morgan fingerprint density at radius 1 is 1.50 bits per heavy atom. The van der Waals surface area contributed by atoms with Gasteiger partial charge in [0.05, 0.1) is 11.1 Å². The zero-order valence-corrected chi connectivity index (χ0v) is 9.97. The van der Waals surface area contributed by atoms with Gasteiger partial charge in [-0.05, 0) is 40.0 Å². The highest BCUT2D eigenvalue weighted by Crippen LogP contribution is 2.26. The Bertz CT molecular complexity index is 350. The van der Waals surface area contributed by atoms with Crippen LogP contribution in [0, 0.1) is 18.3 Å². The third kappa shape index (κ3) is 3.08. The van der Waals surface area contributed by atoms with E-state index in [1.165, 1.54) is 0 Å². The fourth-order valence-electron chi connectivity index (χ4n) is 0.964. The highest BCUT2D eigenvalue weighted by molar-refractivity contribution is 9.10. The van der Waals surface area contributed by atoms with Crippen molar-refractivity contribution in [2.75, 3.05) is 6.61 Å². The summed E-state index contributed by atoms with van der Waals surface area (Å²) in [4.78, 5) is 0. The average Bonchev–Trinajstić information content (AvgIpc) is 2.15. The highest BCUT2D eigenvalue weighted by Gasteiger charge is 2.02. The lowest BCUT2D eigenvalue weighted by Crippen LogP contribution is -2.04. The van der Waals surface area contributed by atoms with Crippen LogP contribution in [-0.2, 0) is 0 Å². The van der Waals surface area contributed by atoms with Gasteiger partial charge in [0.1, 0.15) is 5.75 Å². The molecule has 0 spiro atoms. The Hall–Kier alpha value is -0.940. The largest absolute Gasteiger partial charge is 0.492 e. The Kier molecular flexibility index (Phi) is 4.03. The van der Waals surface area contributed by atoms with Gasteiger partial charge in [-0.1, -0.05) is 19.8 Å². The summed E-state index contributed by atoms with van der Waals surface area (Å²) < 4.78 is 6.49. The molecule has 0 aliphatic heterocycles. The minimum absolute atomic E-state index is 0.522. The molecule has 1 rings (SSSR count). The fraction of sp³-hybridized carbons (Fsp3) is 0.333. The van der Waals surface area contributed by atoms with E-state index in [9.17, 15) is 0 Å². The van der Waals surface area contributed by atoms with Crippen molar-refractivity contribution in [2.24, 2.45) is 5.92 Å². The predicted octanol–water partition coefficient (Wildman–Crippen LogP) is 3.47. The van der Waals surface area contributed by atoms with Crippen LogP contribution in [0.3, 0.4) is 0 Å². The van der Waals surface area contributed by atoms with E-state index in [2.05, 4.69) is 35.7 Å². The van der Waals surface area contributed by atoms with Crippen LogP contribution in [0.5, 0.6) is 5.75 Å². The maximum absolute atomic E-state index is 5.58. The van der Waals surface area contributed by atoms with Gasteiger partial charge in [0.25, 0.3) is 0 Å². The number of terminal acetylenes is 1. The molecule has 0 heterocycles. The standard InChI is InChI=1S/C12H13BrO/c1-4-10-5-6-12(11(13)7-10)14-8-9(2)3/h1,5-7,9H,8H2,2-3H3. The number of benzene rings is 1. The molecule has 14 heavy (non-hydrogen) atoms. The SMILES string of the molecule is C#Cc1ccc(OCC(C)C)c(Br)c1. The quantitative estimate of drug-likeness (QED) is 0.749. The number of hydrogen-bond donors (Lipinski definition) is 0. The molecule has 0 unspecified atom stereocenters. The molecule has 0 aromatic heterocycles. The lowest BCUT2D eigenvalue weighted by atomic mass is 10.2. The Morgan fingerprint density at radius 3 is 2.71 bits per heavy atom. The van der Waals surface area contributed by atoms with Crippen LogP contribution >= 0.6 is 15.9 Å². The Labute approximate surface area is 93.6 Å². The van der Waals surface area contributed by atoms with Crippen LogP contribution in [0.25, 0.3) is 0 Å². The van der Waals surface area contributed by atoms with E-state index in [4.69, 9.17) is 11.2 Å². The molecule has 2 heteroatoms. The van der Waals surface area contributed by atoms with Gasteiger partial charge >= 0.3 is 0 Å². The van der Waals surface area contributed by atoms with Crippen molar-refractivity contribution in [3.8, 4) is 18.1 Å². The predicted molar refractivity (Wildman–Crippen MR) is 62.4 cm³/mol. The van der Waals surface area contributed by atoms with Crippen LogP contribution in [0.4, 0.5) is 0 Å². The summed E-state index contributed by atoms with van der Waals surface area (Å²) in [7, 11) is 0. The lowest BCUT2D eigenvalue weighted by molar-refractivity contribution is 0.269. The molecular formula is C12H13BrO. The zero-order valence-electron chi connectivity index (χ0n) is 8.38. The van der Waals surface area contributed by atoms with Gasteiger partial charge in [-0.2, -0.15) is 0 Å². The molecule has 1 aromatic rings. The first-order valence-electron chi connectivity index (χ1n) is 4.52. The highest BCUT2D eigenvalue weighted by atomic mass is 79.9. The molecule has 0 aliphatic carbocycles. The van der Waals surface area contributed by atoms with E-state index in [1.54, 1.807) is 0 Å². The van der Waals surface area contributed by atoms with E-state index >= 15 is 0 Å². The van der Waals surface area contributed by atoms with Crippen molar-refractivity contribution in [3.63, 3.8) is 0 Å². The summed E-state index contributed by atoms with van der Waals surface area (Å²) in [5, 5.41) is 0. The van der Waals surface area contributed by atoms with Crippen LogP contribution < -0.4 is 4.74 Å². The molecule has 0 fully saturated rings. The summed E-state index contributed by atoms with van der Waals surface area (Å²) in [6.45, 7) is 4.95. The van der Waals surface area contributed by atoms with Gasteiger partial charge < -0.3 is 4.74 Å². The van der Waals surface area contributed by atoms with Crippen LogP contribution in [0.1, 0.15) is 19.4 Å². The molecule has 0 saturated carbocycles. The van der Waals surface area contributed by atoms with Crippen LogP contribution in [0.15, 0.2) is 22.7 Å². The van der Waals surface area contributed by atoms with Gasteiger partial charge in [0.15, 0.2) is 0 Å². The summed E-state index contributed by atoms with van der Waals surface area (Å²) >= 11 is 3.42. The number of hydrogen-bond acceptors (Lipinski definition) is 1. The first-order valence-corrected chi connectivity index (χ1v) is 5.31. The molecule has 0 aliphatic rings. The second kappa shape index (κ2) is 5.07. The van der Waals surface area contributed by atoms with Crippen molar-refractivity contribution in [1.29, 1.82) is 0 Å². The monoisotopic (exact) mass is 252 g/mol. The van der Waals surface area contributed by atoms with E-state index in [1.807, 2.05) is 18.2 Å². The summed E-state index contributed by atoms with van der Waals surface area (Å²) in [5.74, 6) is 3.94. The lowest BCUT2D eigenvalue weighted by Gasteiger charge is -2.10. The molecule has 0 radical (unpaired) electrons. The van der Waals surface area contributed by atoms with Crippen molar-refractivity contribution in [1.82, 2.24) is 0 Å². The van der Waals surface area contributed by atoms with Gasteiger partial charge in [0.2, 0.25) is 0 Å². The molecule has 0 N–H and O–H groups in total. The van der Waals surface area contributed by atoms with Gasteiger partial charge in [-0.15, -0.1) is 6.42 Å². The average molecular weight is 253 g/mol. The topological polar surface area (TPSA) is 9.23 Å². The molecule has 1 nitrogen and oxygen atoms in total. The van der Waals surface area contributed by atoms with E-state index < -0.39 is 0 Å². The maximum atomic E-state index is 5.58. The van der Waals surface area contributed by atoms with Crippen molar-refractivity contribution >= 4 is 15.9 Å².